The van der Waals surface area contributed by atoms with Gasteiger partial charge in [0.2, 0.25) is 5.91 Å². The summed E-state index contributed by atoms with van der Waals surface area (Å²) in [5, 5.41) is 6.10. The minimum Gasteiger partial charge on any atom is -0.456 e. The highest BCUT2D eigenvalue weighted by Crippen LogP contribution is 2.25. The predicted molar refractivity (Wildman–Crippen MR) is 114 cm³/mol. The quantitative estimate of drug-likeness (QED) is 0.576. The van der Waals surface area contributed by atoms with Crippen LogP contribution in [0.4, 0.5) is 11.4 Å². The Balaban J connectivity index is 1.68. The number of anilines is 2. The summed E-state index contributed by atoms with van der Waals surface area (Å²) in [7, 11) is 0. The molecule has 0 aliphatic heterocycles. The fourth-order valence-corrected chi connectivity index (χ4v) is 2.93. The van der Waals surface area contributed by atoms with Gasteiger partial charge in [-0.05, 0) is 55.7 Å². The summed E-state index contributed by atoms with van der Waals surface area (Å²) >= 11 is 11.8. The maximum Gasteiger partial charge on any atom is 0.306 e. The molecule has 0 aliphatic carbocycles. The lowest BCUT2D eigenvalue weighted by molar-refractivity contribution is -0.147. The van der Waals surface area contributed by atoms with Gasteiger partial charge < -0.3 is 15.4 Å². The van der Waals surface area contributed by atoms with Gasteiger partial charge in [0.15, 0.2) is 6.61 Å². The fourth-order valence-electron chi connectivity index (χ4n) is 2.47. The first-order valence-corrected chi connectivity index (χ1v) is 9.78. The molecule has 0 bridgehead atoms. The molecule has 0 atom stereocenters. The predicted octanol–water partition coefficient (Wildman–Crippen LogP) is 4.90. The van der Waals surface area contributed by atoms with E-state index in [2.05, 4.69) is 10.6 Å². The molecule has 0 spiro atoms. The highest BCUT2D eigenvalue weighted by molar-refractivity contribution is 6.36. The topological polar surface area (TPSA) is 84.5 Å². The largest absolute Gasteiger partial charge is 0.456 e. The van der Waals surface area contributed by atoms with E-state index in [1.807, 2.05) is 32.0 Å². The molecule has 0 saturated heterocycles. The van der Waals surface area contributed by atoms with E-state index < -0.39 is 18.5 Å². The van der Waals surface area contributed by atoms with Crippen molar-refractivity contribution in [2.24, 2.45) is 0 Å². The first kappa shape index (κ1) is 22.7. The van der Waals surface area contributed by atoms with Crippen LogP contribution in [0, 0.1) is 13.8 Å². The van der Waals surface area contributed by atoms with Crippen LogP contribution in [0.15, 0.2) is 36.4 Å². The zero-order chi connectivity index (χ0) is 21.4. The highest BCUT2D eigenvalue weighted by Gasteiger charge is 2.11. The Kier molecular flexibility index (Phi) is 8.49. The second kappa shape index (κ2) is 10.8. The van der Waals surface area contributed by atoms with Crippen LogP contribution >= 0.6 is 23.2 Å². The van der Waals surface area contributed by atoms with Gasteiger partial charge in [0.25, 0.3) is 5.91 Å². The van der Waals surface area contributed by atoms with Gasteiger partial charge in [-0.3, -0.25) is 14.4 Å². The van der Waals surface area contributed by atoms with Crippen LogP contribution in [0.1, 0.15) is 30.4 Å². The fraction of sp³-hybridized carbons (Fsp3) is 0.286. The van der Waals surface area contributed by atoms with Gasteiger partial charge in [0.05, 0.1) is 10.7 Å². The van der Waals surface area contributed by atoms with Gasteiger partial charge in [0, 0.05) is 23.6 Å². The molecule has 2 amide bonds. The zero-order valence-corrected chi connectivity index (χ0v) is 17.7. The standard InChI is InChI=1S/C21H22Cl2N2O4/c1-13-6-7-14(2)18(10-13)25-19(26)4-3-5-21(28)29-12-20(27)24-17-9-8-15(22)11-16(17)23/h6-11H,3-5,12H2,1-2H3,(H,24,27)(H,25,26). The first-order chi connectivity index (χ1) is 13.7. The van der Waals surface area contributed by atoms with E-state index in [9.17, 15) is 14.4 Å². The Morgan fingerprint density at radius 1 is 0.897 bits per heavy atom. The molecular formula is C21H22Cl2N2O4. The zero-order valence-electron chi connectivity index (χ0n) is 16.2. The molecule has 2 N–H and O–H groups in total. The Hall–Kier alpha value is -2.57. The van der Waals surface area contributed by atoms with E-state index in [1.165, 1.54) is 6.07 Å². The van der Waals surface area contributed by atoms with E-state index >= 15 is 0 Å². The van der Waals surface area contributed by atoms with Crippen molar-refractivity contribution in [2.75, 3.05) is 17.2 Å². The lowest BCUT2D eigenvalue weighted by Crippen LogP contribution is -2.21. The second-order valence-corrected chi connectivity index (χ2v) is 7.40. The van der Waals surface area contributed by atoms with Gasteiger partial charge in [-0.25, -0.2) is 0 Å². The molecule has 0 unspecified atom stereocenters. The van der Waals surface area contributed by atoms with Gasteiger partial charge in [-0.2, -0.15) is 0 Å². The van der Waals surface area contributed by atoms with Gasteiger partial charge in [0.1, 0.15) is 0 Å². The Labute approximate surface area is 179 Å². The Bertz CT molecular complexity index is 916. The number of nitrogens with one attached hydrogen (secondary N) is 2. The maximum atomic E-state index is 12.0. The second-order valence-electron chi connectivity index (χ2n) is 6.55. The average Bonchev–Trinajstić information content (AvgIpc) is 2.65. The van der Waals surface area contributed by atoms with Crippen LogP contribution in [-0.4, -0.2) is 24.4 Å². The molecule has 6 nitrogen and oxygen atoms in total. The van der Waals surface area contributed by atoms with E-state index in [4.69, 9.17) is 27.9 Å². The van der Waals surface area contributed by atoms with Crippen LogP contribution in [0.3, 0.4) is 0 Å². The van der Waals surface area contributed by atoms with Crippen molar-refractivity contribution in [3.63, 3.8) is 0 Å². The van der Waals surface area contributed by atoms with Crippen LogP contribution in [0.25, 0.3) is 0 Å². The number of hydrogen-bond acceptors (Lipinski definition) is 4. The maximum absolute atomic E-state index is 12.0. The van der Waals surface area contributed by atoms with Crippen molar-refractivity contribution in [3.8, 4) is 0 Å². The molecule has 0 aliphatic rings. The van der Waals surface area contributed by atoms with Crippen molar-refractivity contribution < 1.29 is 19.1 Å². The summed E-state index contributed by atoms with van der Waals surface area (Å²) < 4.78 is 4.92. The molecule has 2 aromatic rings. The smallest absolute Gasteiger partial charge is 0.306 e. The van der Waals surface area contributed by atoms with Crippen molar-refractivity contribution in [3.05, 3.63) is 57.6 Å². The first-order valence-electron chi connectivity index (χ1n) is 9.02. The van der Waals surface area contributed by atoms with Crippen LogP contribution in [-0.2, 0) is 19.1 Å². The van der Waals surface area contributed by atoms with Crippen molar-refractivity contribution >= 4 is 52.4 Å². The van der Waals surface area contributed by atoms with Crippen LogP contribution < -0.4 is 10.6 Å². The Morgan fingerprint density at radius 2 is 1.62 bits per heavy atom. The number of hydrogen-bond donors (Lipinski definition) is 2. The lowest BCUT2D eigenvalue weighted by Gasteiger charge is -2.10. The number of esters is 1. The third-order valence-electron chi connectivity index (χ3n) is 4.02. The molecule has 2 aromatic carbocycles. The molecule has 8 heteroatoms. The van der Waals surface area contributed by atoms with Crippen molar-refractivity contribution in [1.82, 2.24) is 0 Å². The number of ether oxygens (including phenoxy) is 1. The monoisotopic (exact) mass is 436 g/mol. The molecule has 0 heterocycles. The minimum absolute atomic E-state index is 0.0369. The number of benzene rings is 2. The SMILES string of the molecule is Cc1ccc(C)c(NC(=O)CCCC(=O)OCC(=O)Nc2ccc(Cl)cc2Cl)c1. The molecule has 154 valence electrons. The van der Waals surface area contributed by atoms with Crippen LogP contribution in [0.5, 0.6) is 0 Å². The molecule has 0 fully saturated rings. The molecular weight excluding hydrogens is 415 g/mol. The number of halogens is 2. The van der Waals surface area contributed by atoms with E-state index in [0.717, 1.165) is 16.8 Å². The third kappa shape index (κ3) is 7.75. The molecule has 0 radical (unpaired) electrons. The summed E-state index contributed by atoms with van der Waals surface area (Å²) in [5.74, 6) is -1.25. The number of amides is 2. The van der Waals surface area contributed by atoms with E-state index in [1.54, 1.807) is 12.1 Å². The highest BCUT2D eigenvalue weighted by atomic mass is 35.5. The van der Waals surface area contributed by atoms with Gasteiger partial charge in [-0.1, -0.05) is 35.3 Å². The van der Waals surface area contributed by atoms with Gasteiger partial charge >= 0.3 is 5.97 Å². The van der Waals surface area contributed by atoms with E-state index in [0.29, 0.717) is 17.1 Å². The third-order valence-corrected chi connectivity index (χ3v) is 4.57. The Morgan fingerprint density at radius 3 is 2.34 bits per heavy atom. The number of aryl methyl sites for hydroxylation is 2. The van der Waals surface area contributed by atoms with Gasteiger partial charge in [-0.15, -0.1) is 0 Å². The minimum atomic E-state index is -0.554. The van der Waals surface area contributed by atoms with E-state index in [-0.39, 0.29) is 23.8 Å². The summed E-state index contributed by atoms with van der Waals surface area (Å²) in [6.07, 6.45) is 0.532. The van der Waals surface area contributed by atoms with Crippen molar-refractivity contribution in [1.29, 1.82) is 0 Å². The summed E-state index contributed by atoms with van der Waals surface area (Å²) in [4.78, 5) is 35.7. The summed E-state index contributed by atoms with van der Waals surface area (Å²) in [5.41, 5.74) is 3.15. The summed E-state index contributed by atoms with van der Waals surface area (Å²) in [6, 6.07) is 10.4. The molecule has 0 aromatic heterocycles. The van der Waals surface area contributed by atoms with Crippen LogP contribution in [0.2, 0.25) is 10.0 Å². The number of carbonyl (C=O) groups excluding carboxylic acids is 3. The molecule has 2 rings (SSSR count). The normalized spacial score (nSPS) is 10.3. The lowest BCUT2D eigenvalue weighted by atomic mass is 10.1. The molecule has 0 saturated carbocycles. The number of rotatable bonds is 8. The number of carbonyl (C=O) groups is 3. The van der Waals surface area contributed by atoms with Crippen molar-refractivity contribution in [2.45, 2.75) is 33.1 Å². The average molecular weight is 437 g/mol. The summed E-state index contributed by atoms with van der Waals surface area (Å²) in [6.45, 7) is 3.42. The molecule has 29 heavy (non-hydrogen) atoms.